The molecule has 10 nitrogen and oxygen atoms in total. The minimum atomic E-state index is -1.57. The molecule has 0 saturated carbocycles. The molecule has 0 aromatic carbocycles. The van der Waals surface area contributed by atoms with E-state index in [2.05, 4.69) is 15.9 Å². The number of alkyl halides is 1. The van der Waals surface area contributed by atoms with Crippen LogP contribution >= 0.6 is 15.9 Å². The SMILES string of the molecule is CCOC(=O)C(Br)C(O)c1cn([C@H]2CC(O)[C@@H](CO)O2)c(=O)[nH]c1=O. The maximum atomic E-state index is 12.0. The van der Waals surface area contributed by atoms with Crippen LogP contribution in [0.2, 0.25) is 0 Å². The Bertz CT molecular complexity index is 732. The number of H-pyrrole nitrogens is 1. The van der Waals surface area contributed by atoms with Crippen molar-refractivity contribution in [1.29, 1.82) is 0 Å². The van der Waals surface area contributed by atoms with E-state index in [9.17, 15) is 24.6 Å². The summed E-state index contributed by atoms with van der Waals surface area (Å²) in [6, 6.07) is 0. The molecule has 5 atom stereocenters. The highest BCUT2D eigenvalue weighted by atomic mass is 79.9. The van der Waals surface area contributed by atoms with Gasteiger partial charge in [0.15, 0.2) is 0 Å². The summed E-state index contributed by atoms with van der Waals surface area (Å²) in [5, 5.41) is 29.2. The maximum Gasteiger partial charge on any atom is 0.330 e. The van der Waals surface area contributed by atoms with E-state index in [0.717, 1.165) is 10.8 Å². The number of hydrogen-bond acceptors (Lipinski definition) is 8. The number of aliphatic hydroxyl groups excluding tert-OH is 3. The van der Waals surface area contributed by atoms with Gasteiger partial charge >= 0.3 is 11.7 Å². The molecule has 1 fully saturated rings. The van der Waals surface area contributed by atoms with Gasteiger partial charge in [0.2, 0.25) is 0 Å². The number of esters is 1. The number of carbonyl (C=O) groups excluding carboxylic acids is 1. The summed E-state index contributed by atoms with van der Waals surface area (Å²) in [6.07, 6.45) is -3.27. The van der Waals surface area contributed by atoms with Crippen molar-refractivity contribution in [3.05, 3.63) is 32.6 Å². The molecule has 0 radical (unpaired) electrons. The molecule has 4 N–H and O–H groups in total. The van der Waals surface area contributed by atoms with Crippen molar-refractivity contribution in [2.45, 2.75) is 42.7 Å². The highest BCUT2D eigenvalue weighted by Gasteiger charge is 2.36. The number of nitrogens with zero attached hydrogens (tertiary/aromatic N) is 1. The first kappa shape index (κ1) is 19.8. The number of hydrogen-bond donors (Lipinski definition) is 4. The third-order valence-electron chi connectivity index (χ3n) is 3.80. The smallest absolute Gasteiger partial charge is 0.330 e. The zero-order valence-electron chi connectivity index (χ0n) is 13.3. The van der Waals surface area contributed by atoms with Crippen LogP contribution in [0.5, 0.6) is 0 Å². The second-order valence-corrected chi connectivity index (χ2v) is 6.45. The Balaban J connectivity index is 2.34. The van der Waals surface area contributed by atoms with E-state index >= 15 is 0 Å². The summed E-state index contributed by atoms with van der Waals surface area (Å²) >= 11 is 2.97. The summed E-state index contributed by atoms with van der Waals surface area (Å²) in [5.41, 5.74) is -1.92. The van der Waals surface area contributed by atoms with Crippen LogP contribution in [-0.4, -0.2) is 61.1 Å². The van der Waals surface area contributed by atoms with Gasteiger partial charge in [0.05, 0.1) is 24.9 Å². The Morgan fingerprint density at radius 3 is 2.80 bits per heavy atom. The molecular formula is C14H19BrN2O8. The lowest BCUT2D eigenvalue weighted by molar-refractivity contribution is -0.144. The zero-order valence-corrected chi connectivity index (χ0v) is 14.9. The van der Waals surface area contributed by atoms with Crippen LogP contribution in [0.4, 0.5) is 0 Å². The van der Waals surface area contributed by atoms with Crippen LogP contribution in [0, 0.1) is 0 Å². The predicted octanol–water partition coefficient (Wildman–Crippen LogP) is -1.46. The largest absolute Gasteiger partial charge is 0.465 e. The van der Waals surface area contributed by atoms with Crippen LogP contribution in [0.3, 0.4) is 0 Å². The zero-order chi connectivity index (χ0) is 18.7. The minimum absolute atomic E-state index is 0.0162. The van der Waals surface area contributed by atoms with E-state index in [4.69, 9.17) is 14.6 Å². The molecule has 0 bridgehead atoms. The number of aromatic amines is 1. The van der Waals surface area contributed by atoms with Gasteiger partial charge in [-0.1, -0.05) is 15.9 Å². The molecule has 11 heteroatoms. The first-order valence-corrected chi connectivity index (χ1v) is 8.50. The number of carbonyl (C=O) groups is 1. The summed E-state index contributed by atoms with van der Waals surface area (Å²) in [6.45, 7) is 1.26. The molecule has 0 aliphatic carbocycles. The number of nitrogens with one attached hydrogen (secondary N) is 1. The Hall–Kier alpha value is -1.53. The lowest BCUT2D eigenvalue weighted by atomic mass is 10.1. The van der Waals surface area contributed by atoms with E-state index in [1.165, 1.54) is 0 Å². The molecule has 0 spiro atoms. The van der Waals surface area contributed by atoms with Gasteiger partial charge in [-0.15, -0.1) is 0 Å². The Morgan fingerprint density at radius 2 is 2.24 bits per heavy atom. The van der Waals surface area contributed by atoms with E-state index < -0.39 is 53.2 Å². The van der Waals surface area contributed by atoms with Gasteiger partial charge in [-0.25, -0.2) is 4.79 Å². The van der Waals surface area contributed by atoms with Gasteiger partial charge < -0.3 is 24.8 Å². The molecule has 1 aromatic heterocycles. The van der Waals surface area contributed by atoms with Crippen LogP contribution in [0.1, 0.15) is 31.2 Å². The van der Waals surface area contributed by atoms with Crippen molar-refractivity contribution in [2.75, 3.05) is 13.2 Å². The highest BCUT2D eigenvalue weighted by Crippen LogP contribution is 2.28. The lowest BCUT2D eigenvalue weighted by Crippen LogP contribution is -2.37. The van der Waals surface area contributed by atoms with Crippen LogP contribution < -0.4 is 11.2 Å². The van der Waals surface area contributed by atoms with E-state index in [1.807, 2.05) is 4.98 Å². The number of aliphatic hydroxyl groups is 3. The molecule has 3 unspecified atom stereocenters. The van der Waals surface area contributed by atoms with Crippen molar-refractivity contribution < 1.29 is 29.6 Å². The molecule has 0 amide bonds. The monoisotopic (exact) mass is 422 g/mol. The summed E-state index contributed by atoms with van der Waals surface area (Å²) < 4.78 is 11.1. The van der Waals surface area contributed by atoms with Crippen molar-refractivity contribution in [2.24, 2.45) is 0 Å². The van der Waals surface area contributed by atoms with Crippen molar-refractivity contribution >= 4 is 21.9 Å². The molecule has 2 heterocycles. The number of halogens is 1. The first-order valence-electron chi connectivity index (χ1n) is 7.58. The maximum absolute atomic E-state index is 12.0. The number of rotatable bonds is 6. The summed E-state index contributed by atoms with van der Waals surface area (Å²) in [5.74, 6) is -0.764. The second kappa shape index (κ2) is 8.23. The first-order chi connectivity index (χ1) is 11.8. The predicted molar refractivity (Wildman–Crippen MR) is 87.3 cm³/mol. The molecule has 140 valence electrons. The average Bonchev–Trinajstić information content (AvgIpc) is 2.94. The van der Waals surface area contributed by atoms with Crippen molar-refractivity contribution in [3.63, 3.8) is 0 Å². The number of aromatic nitrogens is 2. The fourth-order valence-corrected chi connectivity index (χ4v) is 2.90. The molecule has 1 aliphatic rings. The van der Waals surface area contributed by atoms with Crippen LogP contribution in [0.15, 0.2) is 15.8 Å². The van der Waals surface area contributed by atoms with E-state index in [-0.39, 0.29) is 18.6 Å². The van der Waals surface area contributed by atoms with Gasteiger partial charge in [-0.2, -0.15) is 0 Å². The summed E-state index contributed by atoms with van der Waals surface area (Å²) in [7, 11) is 0. The van der Waals surface area contributed by atoms with Crippen LogP contribution in [-0.2, 0) is 14.3 Å². The topological polar surface area (TPSA) is 151 Å². The highest BCUT2D eigenvalue weighted by molar-refractivity contribution is 9.10. The van der Waals surface area contributed by atoms with E-state index in [1.54, 1.807) is 6.92 Å². The average molecular weight is 423 g/mol. The van der Waals surface area contributed by atoms with Gasteiger partial charge in [-0.3, -0.25) is 19.1 Å². The lowest BCUT2D eigenvalue weighted by Gasteiger charge is -2.19. The fraction of sp³-hybridized carbons (Fsp3) is 0.643. The van der Waals surface area contributed by atoms with E-state index in [0.29, 0.717) is 0 Å². The van der Waals surface area contributed by atoms with Gasteiger partial charge in [0.25, 0.3) is 5.56 Å². The molecule has 2 rings (SSSR count). The summed E-state index contributed by atoms with van der Waals surface area (Å²) in [4.78, 5) is 36.5. The Morgan fingerprint density at radius 1 is 1.56 bits per heavy atom. The Kier molecular flexibility index (Phi) is 6.52. The van der Waals surface area contributed by atoms with Gasteiger partial charge in [0, 0.05) is 12.6 Å². The fourth-order valence-electron chi connectivity index (χ4n) is 2.48. The number of ether oxygens (including phenoxy) is 2. The second-order valence-electron chi connectivity index (χ2n) is 5.46. The molecule has 25 heavy (non-hydrogen) atoms. The quantitative estimate of drug-likeness (QED) is 0.320. The molecular weight excluding hydrogens is 404 g/mol. The molecule has 1 aliphatic heterocycles. The third kappa shape index (κ3) is 4.18. The van der Waals surface area contributed by atoms with Gasteiger partial charge in [-0.05, 0) is 6.92 Å². The third-order valence-corrected chi connectivity index (χ3v) is 4.67. The minimum Gasteiger partial charge on any atom is -0.465 e. The molecule has 1 saturated heterocycles. The standard InChI is InChI=1S/C14H19BrN2O8/c1-2-24-13(22)10(15)11(20)6-4-17(14(23)16-12(6)21)9-3-7(19)8(5-18)25-9/h4,7-11,18-20H,2-3,5H2,1H3,(H,16,21,23)/t7?,8-,9-,10?,11?/m1/s1. The Labute approximate surface area is 150 Å². The normalized spacial score (nSPS) is 25.6. The van der Waals surface area contributed by atoms with Crippen molar-refractivity contribution in [1.82, 2.24) is 9.55 Å². The van der Waals surface area contributed by atoms with Crippen LogP contribution in [0.25, 0.3) is 0 Å². The van der Waals surface area contributed by atoms with Gasteiger partial charge in [0.1, 0.15) is 23.3 Å². The molecule has 1 aromatic rings. The van der Waals surface area contributed by atoms with Crippen molar-refractivity contribution in [3.8, 4) is 0 Å².